The normalized spacial score (nSPS) is 11.7. The molecule has 0 unspecified atom stereocenters. The van der Waals surface area contributed by atoms with Gasteiger partial charge in [0.05, 0.1) is 11.5 Å². The fourth-order valence-electron chi connectivity index (χ4n) is 1.25. The van der Waals surface area contributed by atoms with Crippen LogP contribution in [0, 0.1) is 0 Å². The highest BCUT2D eigenvalue weighted by Gasteiger charge is 2.16. The maximum Gasteiger partial charge on any atom is 0.241 e. The predicted molar refractivity (Wildman–Crippen MR) is 69.1 cm³/mol. The zero-order valence-electron chi connectivity index (χ0n) is 9.44. The van der Waals surface area contributed by atoms with E-state index >= 15 is 0 Å². The Balaban J connectivity index is 2.91. The van der Waals surface area contributed by atoms with Gasteiger partial charge in [-0.15, -0.1) is 0 Å². The average molecular weight is 323 g/mol. The first-order chi connectivity index (χ1) is 8.01. The zero-order chi connectivity index (χ0) is 12.9. The number of nitrogens with two attached hydrogens (primary N) is 1. The Kier molecular flexibility index (Phi) is 5.54. The van der Waals surface area contributed by atoms with Crippen molar-refractivity contribution >= 4 is 26.0 Å². The molecular formula is C10H15BrN2O3S. The van der Waals surface area contributed by atoms with Crippen LogP contribution in [-0.4, -0.2) is 28.7 Å². The smallest absolute Gasteiger partial charge is 0.241 e. The van der Waals surface area contributed by atoms with E-state index in [-0.39, 0.29) is 11.4 Å². The maximum atomic E-state index is 11.9. The van der Waals surface area contributed by atoms with Gasteiger partial charge in [-0.2, -0.15) is 0 Å². The first-order valence-electron chi connectivity index (χ1n) is 4.98. The topological polar surface area (TPSA) is 81.4 Å². The summed E-state index contributed by atoms with van der Waals surface area (Å²) < 4.78 is 31.5. The van der Waals surface area contributed by atoms with Gasteiger partial charge in [0.15, 0.2) is 0 Å². The molecule has 1 rings (SSSR count). The number of hydrogen-bond acceptors (Lipinski definition) is 4. The van der Waals surface area contributed by atoms with Gasteiger partial charge in [0.25, 0.3) is 0 Å². The first-order valence-corrected chi connectivity index (χ1v) is 7.26. The number of ether oxygens (including phenoxy) is 1. The van der Waals surface area contributed by atoms with Crippen molar-refractivity contribution < 1.29 is 13.2 Å². The van der Waals surface area contributed by atoms with Crippen LogP contribution in [0.15, 0.2) is 27.6 Å². The molecule has 0 spiro atoms. The van der Waals surface area contributed by atoms with Gasteiger partial charge in [0, 0.05) is 24.7 Å². The molecule has 1 aromatic carbocycles. The molecule has 5 nitrogen and oxygen atoms in total. The second-order valence-electron chi connectivity index (χ2n) is 3.36. The Labute approximate surface area is 110 Å². The third-order valence-electron chi connectivity index (χ3n) is 2.12. The Morgan fingerprint density at radius 1 is 1.47 bits per heavy atom. The summed E-state index contributed by atoms with van der Waals surface area (Å²) >= 11 is 3.23. The summed E-state index contributed by atoms with van der Waals surface area (Å²) in [6.07, 6.45) is 0. The lowest BCUT2D eigenvalue weighted by atomic mass is 10.2. The number of sulfonamides is 1. The molecule has 7 heteroatoms. The second kappa shape index (κ2) is 6.46. The lowest BCUT2D eigenvalue weighted by molar-refractivity contribution is 0.204. The molecule has 0 aromatic heterocycles. The minimum atomic E-state index is -3.51. The quantitative estimate of drug-likeness (QED) is 0.760. The van der Waals surface area contributed by atoms with Crippen LogP contribution in [0.5, 0.6) is 0 Å². The standard InChI is InChI=1S/C10H15BrN2O3S/c1-16-5-4-13-17(14,15)10-3-2-8(7-12)6-9(10)11/h2-3,6,13H,4-5,7,12H2,1H3. The third kappa shape index (κ3) is 4.04. The van der Waals surface area contributed by atoms with Gasteiger partial charge < -0.3 is 10.5 Å². The number of nitrogens with one attached hydrogen (secondary N) is 1. The van der Waals surface area contributed by atoms with Crippen molar-refractivity contribution in [3.05, 3.63) is 28.2 Å². The molecule has 96 valence electrons. The summed E-state index contributed by atoms with van der Waals surface area (Å²) in [5.74, 6) is 0. The Morgan fingerprint density at radius 3 is 2.71 bits per heavy atom. The highest BCUT2D eigenvalue weighted by Crippen LogP contribution is 2.22. The number of methoxy groups -OCH3 is 1. The van der Waals surface area contributed by atoms with Crippen molar-refractivity contribution in [2.24, 2.45) is 5.73 Å². The van der Waals surface area contributed by atoms with Crippen LogP contribution in [-0.2, 0) is 21.3 Å². The molecule has 0 amide bonds. The number of hydrogen-bond donors (Lipinski definition) is 2. The fourth-order valence-corrected chi connectivity index (χ4v) is 3.38. The van der Waals surface area contributed by atoms with Gasteiger partial charge in [0.1, 0.15) is 0 Å². The van der Waals surface area contributed by atoms with E-state index in [1.807, 2.05) is 0 Å². The van der Waals surface area contributed by atoms with Gasteiger partial charge in [-0.1, -0.05) is 6.07 Å². The molecule has 0 aliphatic rings. The maximum absolute atomic E-state index is 11.9. The summed E-state index contributed by atoms with van der Waals surface area (Å²) in [4.78, 5) is 0.200. The molecule has 1 aromatic rings. The number of halogens is 1. The fraction of sp³-hybridized carbons (Fsp3) is 0.400. The van der Waals surface area contributed by atoms with Crippen molar-refractivity contribution in [3.63, 3.8) is 0 Å². The molecule has 0 aliphatic carbocycles. The molecule has 0 bridgehead atoms. The molecule has 0 aliphatic heterocycles. The Hall–Kier alpha value is -0.470. The zero-order valence-corrected chi connectivity index (χ0v) is 11.8. The van der Waals surface area contributed by atoms with Crippen LogP contribution in [0.25, 0.3) is 0 Å². The molecule has 0 heterocycles. The van der Waals surface area contributed by atoms with Gasteiger partial charge >= 0.3 is 0 Å². The minimum Gasteiger partial charge on any atom is -0.383 e. The SMILES string of the molecule is COCCNS(=O)(=O)c1ccc(CN)cc1Br. The van der Waals surface area contributed by atoms with Crippen LogP contribution in [0.4, 0.5) is 0 Å². The highest BCUT2D eigenvalue weighted by atomic mass is 79.9. The average Bonchev–Trinajstić information content (AvgIpc) is 2.28. The summed E-state index contributed by atoms with van der Waals surface area (Å²) in [5, 5.41) is 0. The second-order valence-corrected chi connectivity index (χ2v) is 5.95. The minimum absolute atomic E-state index is 0.200. The lowest BCUT2D eigenvalue weighted by Crippen LogP contribution is -2.27. The Bertz CT molecular complexity index is 476. The van der Waals surface area contributed by atoms with Crippen molar-refractivity contribution in [3.8, 4) is 0 Å². The first kappa shape index (κ1) is 14.6. The molecule has 0 fully saturated rings. The molecular weight excluding hydrogens is 308 g/mol. The van der Waals surface area contributed by atoms with Crippen molar-refractivity contribution in [2.45, 2.75) is 11.4 Å². The highest BCUT2D eigenvalue weighted by molar-refractivity contribution is 9.10. The molecule has 3 N–H and O–H groups in total. The van der Waals surface area contributed by atoms with Crippen molar-refractivity contribution in [2.75, 3.05) is 20.3 Å². The summed E-state index contributed by atoms with van der Waals surface area (Å²) in [6.45, 7) is 0.942. The lowest BCUT2D eigenvalue weighted by Gasteiger charge is -2.09. The van der Waals surface area contributed by atoms with Crippen LogP contribution in [0.1, 0.15) is 5.56 Å². The van der Waals surface area contributed by atoms with Gasteiger partial charge in [-0.05, 0) is 33.6 Å². The van der Waals surface area contributed by atoms with Crippen LogP contribution >= 0.6 is 15.9 Å². The Morgan fingerprint density at radius 2 is 2.18 bits per heavy atom. The van der Waals surface area contributed by atoms with E-state index in [0.29, 0.717) is 17.6 Å². The van der Waals surface area contributed by atoms with Crippen LogP contribution < -0.4 is 10.5 Å². The van der Waals surface area contributed by atoms with Gasteiger partial charge in [0.2, 0.25) is 10.0 Å². The number of rotatable bonds is 6. The monoisotopic (exact) mass is 322 g/mol. The van der Waals surface area contributed by atoms with Gasteiger partial charge in [-0.25, -0.2) is 13.1 Å². The summed E-state index contributed by atoms with van der Waals surface area (Å²) in [5.41, 5.74) is 6.34. The molecule has 0 atom stereocenters. The predicted octanol–water partition coefficient (Wildman–Crippen LogP) is 0.833. The van der Waals surface area contributed by atoms with E-state index in [1.165, 1.54) is 13.2 Å². The van der Waals surface area contributed by atoms with E-state index in [0.717, 1.165) is 5.56 Å². The molecule has 0 saturated heterocycles. The van der Waals surface area contributed by atoms with Crippen LogP contribution in [0.3, 0.4) is 0 Å². The third-order valence-corrected chi connectivity index (χ3v) is 4.56. The summed E-state index contributed by atoms with van der Waals surface area (Å²) in [6, 6.07) is 4.92. The van der Waals surface area contributed by atoms with Crippen LogP contribution in [0.2, 0.25) is 0 Å². The summed E-state index contributed by atoms with van der Waals surface area (Å²) in [7, 11) is -1.99. The number of benzene rings is 1. The molecule has 0 saturated carbocycles. The largest absolute Gasteiger partial charge is 0.383 e. The van der Waals surface area contributed by atoms with E-state index in [1.54, 1.807) is 12.1 Å². The molecule has 17 heavy (non-hydrogen) atoms. The van der Waals surface area contributed by atoms with E-state index in [2.05, 4.69) is 20.7 Å². The van der Waals surface area contributed by atoms with E-state index in [9.17, 15) is 8.42 Å². The van der Waals surface area contributed by atoms with Crippen molar-refractivity contribution in [1.29, 1.82) is 0 Å². The van der Waals surface area contributed by atoms with Crippen molar-refractivity contribution in [1.82, 2.24) is 4.72 Å². The van der Waals surface area contributed by atoms with E-state index in [4.69, 9.17) is 10.5 Å². The van der Waals surface area contributed by atoms with E-state index < -0.39 is 10.0 Å². The van der Waals surface area contributed by atoms with Gasteiger partial charge in [-0.3, -0.25) is 0 Å². The molecule has 0 radical (unpaired) electrons.